The topological polar surface area (TPSA) is 35.6 Å². The number of carbonyl (C=O) groups is 1. The number of nitrogens with one attached hydrogen (secondary N) is 1. The van der Waals surface area contributed by atoms with Gasteiger partial charge in [0.25, 0.3) is 0 Å². The largest absolute Gasteiger partial charge is 0.308 e. The van der Waals surface area contributed by atoms with E-state index in [-0.39, 0.29) is 0 Å². The summed E-state index contributed by atoms with van der Waals surface area (Å²) >= 11 is 0. The molecule has 0 bridgehead atoms. The number of hydrazine groups is 1. The molecule has 0 saturated heterocycles. The average molecular weight is 269 g/mol. The van der Waals surface area contributed by atoms with Crippen molar-refractivity contribution in [1.29, 1.82) is 0 Å². The van der Waals surface area contributed by atoms with Gasteiger partial charge in [0.15, 0.2) is 0 Å². The van der Waals surface area contributed by atoms with Crippen LogP contribution in [0.5, 0.6) is 0 Å². The first-order chi connectivity index (χ1) is 9.02. The fourth-order valence-corrected chi connectivity index (χ4v) is 3.06. The van der Waals surface area contributed by atoms with Gasteiger partial charge in [-0.05, 0) is 52.7 Å². The minimum absolute atomic E-state index is 0.348. The third kappa shape index (κ3) is 6.50. The summed E-state index contributed by atoms with van der Waals surface area (Å²) in [5, 5.41) is 2.31. The minimum Gasteiger partial charge on any atom is -0.308 e. The highest BCUT2D eigenvalue weighted by atomic mass is 16.1. The maximum absolute atomic E-state index is 11.4. The van der Waals surface area contributed by atoms with Crippen LogP contribution in [0.25, 0.3) is 0 Å². The van der Waals surface area contributed by atoms with E-state index in [0.717, 1.165) is 26.1 Å². The van der Waals surface area contributed by atoms with Crippen molar-refractivity contribution in [2.24, 2.45) is 11.8 Å². The Morgan fingerprint density at radius 3 is 2.32 bits per heavy atom. The molecule has 4 nitrogen and oxygen atoms in total. The Hall–Kier alpha value is -0.450. The number of hydrogen-bond donors (Lipinski definition) is 1. The number of carbonyl (C=O) groups excluding carboxylic acids is 1. The summed E-state index contributed by atoms with van der Waals surface area (Å²) in [5.74, 6) is 1.62. The number of hydrogen-bond acceptors (Lipinski definition) is 4. The molecule has 1 saturated carbocycles. The molecule has 0 spiro atoms. The van der Waals surface area contributed by atoms with Crippen molar-refractivity contribution in [1.82, 2.24) is 15.3 Å². The molecule has 19 heavy (non-hydrogen) atoms. The number of rotatable bonds is 8. The molecule has 0 amide bonds. The molecule has 0 aromatic rings. The highest BCUT2D eigenvalue weighted by Gasteiger charge is 2.27. The second-order valence-electron chi connectivity index (χ2n) is 6.18. The smallest absolute Gasteiger partial charge is 0.130 e. The minimum atomic E-state index is 0.348. The summed E-state index contributed by atoms with van der Waals surface area (Å²) < 4.78 is 0. The molecular weight excluding hydrogens is 238 g/mol. The van der Waals surface area contributed by atoms with E-state index in [1.807, 2.05) is 7.05 Å². The zero-order valence-corrected chi connectivity index (χ0v) is 13.1. The van der Waals surface area contributed by atoms with Crippen molar-refractivity contribution in [2.75, 3.05) is 40.8 Å². The molecule has 2 atom stereocenters. The number of nitrogens with zero attached hydrogens (tertiary/aromatic N) is 2. The van der Waals surface area contributed by atoms with E-state index in [1.165, 1.54) is 25.7 Å². The summed E-state index contributed by atoms with van der Waals surface area (Å²) in [6.45, 7) is 4.90. The van der Waals surface area contributed by atoms with Crippen LogP contribution in [0.15, 0.2) is 0 Å². The van der Waals surface area contributed by atoms with Gasteiger partial charge in [-0.25, -0.2) is 5.01 Å². The first kappa shape index (κ1) is 16.6. The Labute approximate surface area is 118 Å². The quantitative estimate of drug-likeness (QED) is 0.681. The molecule has 1 fully saturated rings. The highest BCUT2D eigenvalue weighted by Crippen LogP contribution is 2.32. The lowest BCUT2D eigenvalue weighted by Crippen LogP contribution is -2.44. The van der Waals surface area contributed by atoms with Gasteiger partial charge in [0.2, 0.25) is 0 Å². The highest BCUT2D eigenvalue weighted by molar-refractivity contribution is 5.75. The fraction of sp³-hybridized carbons (Fsp3) is 0.933. The van der Waals surface area contributed by atoms with Crippen molar-refractivity contribution in [3.8, 4) is 0 Å². The van der Waals surface area contributed by atoms with Crippen molar-refractivity contribution in [2.45, 2.75) is 39.0 Å². The first-order valence-corrected chi connectivity index (χ1v) is 7.59. The third-order valence-electron chi connectivity index (χ3n) is 4.20. The van der Waals surface area contributed by atoms with Crippen LogP contribution < -0.4 is 5.43 Å². The average Bonchev–Trinajstić information content (AvgIpc) is 2.35. The van der Waals surface area contributed by atoms with E-state index in [1.54, 1.807) is 6.92 Å². The van der Waals surface area contributed by atoms with Crippen LogP contribution in [0.4, 0.5) is 0 Å². The molecule has 1 rings (SSSR count). The van der Waals surface area contributed by atoms with E-state index in [0.29, 0.717) is 17.6 Å². The molecule has 4 heteroatoms. The summed E-state index contributed by atoms with van der Waals surface area (Å²) in [7, 11) is 6.21. The van der Waals surface area contributed by atoms with Gasteiger partial charge < -0.3 is 9.69 Å². The second kappa shape index (κ2) is 8.67. The molecule has 0 heterocycles. The Kier molecular flexibility index (Phi) is 7.57. The molecule has 2 unspecified atom stereocenters. The SMILES string of the molecule is CNN(CCN(C)C)CC1CCCCC1CC(C)=O. The van der Waals surface area contributed by atoms with E-state index < -0.39 is 0 Å². The molecule has 1 aliphatic rings. The maximum atomic E-state index is 11.4. The van der Waals surface area contributed by atoms with E-state index in [9.17, 15) is 4.79 Å². The third-order valence-corrected chi connectivity index (χ3v) is 4.20. The normalized spacial score (nSPS) is 24.1. The van der Waals surface area contributed by atoms with Gasteiger partial charge in [-0.15, -0.1) is 0 Å². The Balaban J connectivity index is 2.46. The molecule has 112 valence electrons. The van der Waals surface area contributed by atoms with Crippen LogP contribution in [0.2, 0.25) is 0 Å². The van der Waals surface area contributed by atoms with Gasteiger partial charge in [0.1, 0.15) is 5.78 Å². The molecular formula is C15H31N3O. The van der Waals surface area contributed by atoms with Crippen molar-refractivity contribution >= 4 is 5.78 Å². The number of Topliss-reactive ketones (excluding diaryl/α,β-unsaturated/α-hetero) is 1. The monoisotopic (exact) mass is 269 g/mol. The van der Waals surface area contributed by atoms with Crippen LogP contribution in [-0.4, -0.2) is 56.5 Å². The Morgan fingerprint density at radius 1 is 1.16 bits per heavy atom. The Bertz CT molecular complexity index is 268. The molecule has 1 aliphatic carbocycles. The van der Waals surface area contributed by atoms with E-state index in [4.69, 9.17) is 0 Å². The van der Waals surface area contributed by atoms with Gasteiger partial charge in [0, 0.05) is 26.1 Å². The maximum Gasteiger partial charge on any atom is 0.130 e. The molecule has 0 radical (unpaired) electrons. The zero-order chi connectivity index (χ0) is 14.3. The summed E-state index contributed by atoms with van der Waals surface area (Å²) in [6, 6.07) is 0. The second-order valence-corrected chi connectivity index (χ2v) is 6.18. The van der Waals surface area contributed by atoms with Gasteiger partial charge in [0.05, 0.1) is 0 Å². The first-order valence-electron chi connectivity index (χ1n) is 7.59. The van der Waals surface area contributed by atoms with Crippen molar-refractivity contribution < 1.29 is 4.79 Å². The lowest BCUT2D eigenvalue weighted by Gasteiger charge is -2.35. The van der Waals surface area contributed by atoms with Gasteiger partial charge in [-0.3, -0.25) is 5.43 Å². The number of ketones is 1. The Morgan fingerprint density at radius 2 is 1.79 bits per heavy atom. The molecule has 0 aliphatic heterocycles. The van der Waals surface area contributed by atoms with Crippen LogP contribution >= 0.6 is 0 Å². The van der Waals surface area contributed by atoms with Gasteiger partial charge >= 0.3 is 0 Å². The zero-order valence-electron chi connectivity index (χ0n) is 13.1. The standard InChI is InChI=1S/C15H31N3O/c1-13(19)11-14-7-5-6-8-15(14)12-18(16-2)10-9-17(3)4/h14-16H,5-12H2,1-4H3. The lowest BCUT2D eigenvalue weighted by atomic mass is 9.76. The van der Waals surface area contributed by atoms with Crippen molar-refractivity contribution in [3.05, 3.63) is 0 Å². The number of likely N-dealkylation sites (N-methyl/N-ethyl adjacent to an activating group) is 1. The van der Waals surface area contributed by atoms with Gasteiger partial charge in [-0.1, -0.05) is 12.8 Å². The summed E-state index contributed by atoms with van der Waals surface area (Å²) in [4.78, 5) is 13.6. The predicted octanol–water partition coefficient (Wildman–Crippen LogP) is 1.77. The van der Waals surface area contributed by atoms with Crippen molar-refractivity contribution in [3.63, 3.8) is 0 Å². The van der Waals surface area contributed by atoms with E-state index >= 15 is 0 Å². The molecule has 0 aromatic carbocycles. The van der Waals surface area contributed by atoms with Crippen LogP contribution in [0.1, 0.15) is 39.0 Å². The van der Waals surface area contributed by atoms with Crippen LogP contribution in [-0.2, 0) is 4.79 Å². The van der Waals surface area contributed by atoms with Crippen LogP contribution in [0.3, 0.4) is 0 Å². The van der Waals surface area contributed by atoms with Gasteiger partial charge in [-0.2, -0.15) is 0 Å². The molecule has 1 N–H and O–H groups in total. The predicted molar refractivity (Wildman–Crippen MR) is 79.9 cm³/mol. The van der Waals surface area contributed by atoms with E-state index in [2.05, 4.69) is 29.4 Å². The molecule has 0 aromatic heterocycles. The van der Waals surface area contributed by atoms with Crippen LogP contribution in [0, 0.1) is 11.8 Å². The summed E-state index contributed by atoms with van der Waals surface area (Å²) in [6.07, 6.45) is 5.90. The fourth-order valence-electron chi connectivity index (χ4n) is 3.06. The lowest BCUT2D eigenvalue weighted by molar-refractivity contribution is -0.118. The summed E-state index contributed by atoms with van der Waals surface area (Å²) in [5.41, 5.74) is 3.30.